The van der Waals surface area contributed by atoms with E-state index in [4.69, 9.17) is 14.5 Å². The van der Waals surface area contributed by atoms with Crippen molar-refractivity contribution in [1.29, 1.82) is 0 Å². The summed E-state index contributed by atoms with van der Waals surface area (Å²) in [5.74, 6) is 1.59. The van der Waals surface area contributed by atoms with Gasteiger partial charge in [0, 0.05) is 0 Å². The van der Waals surface area contributed by atoms with E-state index < -0.39 is 0 Å². The van der Waals surface area contributed by atoms with Gasteiger partial charge in [-0.15, -0.1) is 11.3 Å². The topological polar surface area (TPSA) is 35.8 Å². The molecule has 3 aromatic rings. The number of quaternary nitrogens is 1. The van der Waals surface area contributed by atoms with Crippen molar-refractivity contribution in [2.45, 2.75) is 19.5 Å². The Labute approximate surface area is 146 Å². The smallest absolute Gasteiger partial charge is 0.169 e. The molecule has 0 aliphatic carbocycles. The first-order chi connectivity index (χ1) is 11.6. The number of thiazole rings is 1. The van der Waals surface area contributed by atoms with Gasteiger partial charge in [0.2, 0.25) is 0 Å². The molecule has 2 aromatic carbocycles. The van der Waals surface area contributed by atoms with E-state index in [1.165, 1.54) is 9.60 Å². The molecule has 0 spiro atoms. The number of nitrogens with one attached hydrogen (secondary N) is 1. The number of hydrogen-bond donors (Lipinski definition) is 1. The van der Waals surface area contributed by atoms with E-state index in [0.29, 0.717) is 6.04 Å². The van der Waals surface area contributed by atoms with Gasteiger partial charge in [-0.2, -0.15) is 0 Å². The van der Waals surface area contributed by atoms with Crippen molar-refractivity contribution in [3.05, 3.63) is 53.0 Å². The predicted molar refractivity (Wildman–Crippen MR) is 98.2 cm³/mol. The minimum absolute atomic E-state index is 0.304. The summed E-state index contributed by atoms with van der Waals surface area (Å²) in [6, 6.07) is 14.6. The quantitative estimate of drug-likeness (QED) is 0.747. The van der Waals surface area contributed by atoms with E-state index in [2.05, 4.69) is 38.2 Å². The summed E-state index contributed by atoms with van der Waals surface area (Å²) < 4.78 is 12.2. The average molecular weight is 343 g/mol. The summed E-state index contributed by atoms with van der Waals surface area (Å²) in [7, 11) is 5.55. The van der Waals surface area contributed by atoms with Gasteiger partial charge in [-0.3, -0.25) is 0 Å². The Morgan fingerprint density at radius 3 is 2.58 bits per heavy atom. The lowest BCUT2D eigenvalue weighted by molar-refractivity contribution is -0.923. The van der Waals surface area contributed by atoms with Crippen LogP contribution in [-0.2, 0) is 6.54 Å². The van der Waals surface area contributed by atoms with Crippen molar-refractivity contribution in [3.63, 3.8) is 0 Å². The zero-order valence-corrected chi connectivity index (χ0v) is 15.3. The highest BCUT2D eigenvalue weighted by Gasteiger charge is 2.22. The molecule has 0 amide bonds. The highest BCUT2D eigenvalue weighted by Crippen LogP contribution is 2.30. The molecule has 3 rings (SSSR count). The van der Waals surface area contributed by atoms with Gasteiger partial charge in [-0.25, -0.2) is 4.98 Å². The zero-order valence-electron chi connectivity index (χ0n) is 14.5. The molecule has 2 atom stereocenters. The van der Waals surface area contributed by atoms with Gasteiger partial charge < -0.3 is 14.4 Å². The third-order valence-corrected chi connectivity index (χ3v) is 5.59. The van der Waals surface area contributed by atoms with E-state index in [9.17, 15) is 0 Å². The third kappa shape index (κ3) is 3.23. The number of benzene rings is 2. The van der Waals surface area contributed by atoms with Gasteiger partial charge in [0.05, 0.1) is 37.0 Å². The molecule has 1 aromatic heterocycles. The summed E-state index contributed by atoms with van der Waals surface area (Å²) in [5.41, 5.74) is 2.22. The van der Waals surface area contributed by atoms with Crippen molar-refractivity contribution in [2.75, 3.05) is 21.3 Å². The summed E-state index contributed by atoms with van der Waals surface area (Å²) in [4.78, 5) is 6.16. The minimum atomic E-state index is 0.304. The number of nitrogens with zero attached hydrogens (tertiary/aromatic N) is 1. The van der Waals surface area contributed by atoms with Crippen molar-refractivity contribution in [3.8, 4) is 11.5 Å². The first-order valence-corrected chi connectivity index (χ1v) is 8.83. The van der Waals surface area contributed by atoms with Gasteiger partial charge in [0.15, 0.2) is 16.5 Å². The lowest BCUT2D eigenvalue weighted by atomic mass is 10.1. The maximum Gasteiger partial charge on any atom is 0.169 e. The fourth-order valence-corrected chi connectivity index (χ4v) is 3.94. The van der Waals surface area contributed by atoms with Crippen LogP contribution in [0, 0.1) is 0 Å². The van der Waals surface area contributed by atoms with Crippen molar-refractivity contribution in [1.82, 2.24) is 4.98 Å². The molecule has 4 nitrogen and oxygen atoms in total. The second kappa shape index (κ2) is 7.20. The number of rotatable bonds is 6. The lowest BCUT2D eigenvalue weighted by Gasteiger charge is -2.21. The Kier molecular flexibility index (Phi) is 5.02. The Bertz CT molecular complexity index is 798. The number of hydrogen-bond acceptors (Lipinski definition) is 4. The predicted octanol–water partition coefficient (Wildman–Crippen LogP) is 3.09. The first-order valence-electron chi connectivity index (χ1n) is 8.01. The number of aromatic nitrogens is 1. The van der Waals surface area contributed by atoms with Crippen LogP contribution in [0.3, 0.4) is 0 Å². The average Bonchev–Trinajstić information content (AvgIpc) is 3.04. The number of methoxy groups -OCH3 is 2. The van der Waals surface area contributed by atoms with Crippen LogP contribution >= 0.6 is 11.3 Å². The molecule has 0 saturated carbocycles. The van der Waals surface area contributed by atoms with Crippen LogP contribution < -0.4 is 14.4 Å². The van der Waals surface area contributed by atoms with Crippen LogP contribution in [0.5, 0.6) is 11.5 Å². The summed E-state index contributed by atoms with van der Waals surface area (Å²) in [5, 5.41) is 1.16. The molecule has 0 bridgehead atoms. The number of ether oxygens (including phenoxy) is 2. The van der Waals surface area contributed by atoms with Crippen molar-refractivity contribution >= 4 is 21.6 Å². The summed E-state index contributed by atoms with van der Waals surface area (Å²) in [6.45, 7) is 3.07. The van der Waals surface area contributed by atoms with Gasteiger partial charge >= 0.3 is 0 Å². The normalized spacial score (nSPS) is 13.7. The molecule has 126 valence electrons. The monoisotopic (exact) mass is 343 g/mol. The number of fused-ring (bicyclic) bond motifs is 1. The van der Waals surface area contributed by atoms with Gasteiger partial charge in [-0.1, -0.05) is 18.2 Å². The first kappa shape index (κ1) is 16.7. The molecule has 1 heterocycles. The van der Waals surface area contributed by atoms with Crippen LogP contribution in [-0.4, -0.2) is 26.3 Å². The molecule has 0 radical (unpaired) electrons. The molecule has 0 aliphatic heterocycles. The minimum Gasteiger partial charge on any atom is -0.493 e. The van der Waals surface area contributed by atoms with Crippen LogP contribution in [0.2, 0.25) is 0 Å². The molecule has 0 fully saturated rings. The van der Waals surface area contributed by atoms with Gasteiger partial charge in [0.1, 0.15) is 12.6 Å². The third-order valence-electron chi connectivity index (χ3n) is 4.37. The fraction of sp³-hybridized carbons (Fsp3) is 0.316. The maximum absolute atomic E-state index is 5.55. The number of para-hydroxylation sites is 2. The Morgan fingerprint density at radius 2 is 1.88 bits per heavy atom. The van der Waals surface area contributed by atoms with Gasteiger partial charge in [-0.05, 0) is 31.2 Å². The van der Waals surface area contributed by atoms with Crippen LogP contribution in [0.25, 0.3) is 10.2 Å². The highest BCUT2D eigenvalue weighted by molar-refractivity contribution is 7.18. The Morgan fingerprint density at radius 1 is 1.08 bits per heavy atom. The molecular weight excluding hydrogens is 320 g/mol. The van der Waals surface area contributed by atoms with Crippen LogP contribution in [0.15, 0.2) is 42.5 Å². The second-order valence-electron chi connectivity index (χ2n) is 5.92. The zero-order chi connectivity index (χ0) is 17.1. The van der Waals surface area contributed by atoms with E-state index >= 15 is 0 Å². The Balaban J connectivity index is 1.82. The van der Waals surface area contributed by atoms with E-state index in [0.717, 1.165) is 34.1 Å². The fourth-order valence-electron chi connectivity index (χ4n) is 2.83. The van der Waals surface area contributed by atoms with Crippen molar-refractivity contribution in [2.24, 2.45) is 0 Å². The lowest BCUT2D eigenvalue weighted by Crippen LogP contribution is -3.07. The molecule has 1 unspecified atom stereocenters. The van der Waals surface area contributed by atoms with E-state index in [1.54, 1.807) is 25.6 Å². The van der Waals surface area contributed by atoms with E-state index in [1.807, 2.05) is 18.2 Å². The maximum atomic E-state index is 5.55. The van der Waals surface area contributed by atoms with Gasteiger partial charge in [0.25, 0.3) is 0 Å². The van der Waals surface area contributed by atoms with Crippen LogP contribution in [0.1, 0.15) is 23.5 Å². The molecule has 5 heteroatoms. The standard InChI is InChI=1S/C19H22N2O2S/c1-13(19-20-15-9-5-6-11-17(15)24-19)21(2)12-14-8-7-10-16(22-3)18(14)23-4/h5-11,13H,12H2,1-4H3/p+1/t13-/m1/s1. The summed E-state index contributed by atoms with van der Waals surface area (Å²) in [6.07, 6.45) is 0. The largest absolute Gasteiger partial charge is 0.493 e. The van der Waals surface area contributed by atoms with Crippen molar-refractivity contribution < 1.29 is 14.4 Å². The molecular formula is C19H23N2O2S+. The SMILES string of the molecule is COc1cccc(C[NH+](C)[C@H](C)c2nc3ccccc3s2)c1OC. The molecule has 0 saturated heterocycles. The van der Waals surface area contributed by atoms with Crippen LogP contribution in [0.4, 0.5) is 0 Å². The molecule has 1 N–H and O–H groups in total. The van der Waals surface area contributed by atoms with E-state index in [-0.39, 0.29) is 0 Å². The highest BCUT2D eigenvalue weighted by atomic mass is 32.1. The second-order valence-corrected chi connectivity index (χ2v) is 6.98. The summed E-state index contributed by atoms with van der Waals surface area (Å²) >= 11 is 1.77. The molecule has 0 aliphatic rings. The Hall–Kier alpha value is -2.11. The molecule has 24 heavy (non-hydrogen) atoms.